The number of piperazine rings is 1. The summed E-state index contributed by atoms with van der Waals surface area (Å²) in [5, 5.41) is 12.0. The maximum absolute atomic E-state index is 12.5. The number of amides is 1. The maximum Gasteiger partial charge on any atom is 0.221 e. The van der Waals surface area contributed by atoms with Gasteiger partial charge < -0.3 is 15.2 Å². The lowest BCUT2D eigenvalue weighted by Gasteiger charge is -2.39. The molecule has 3 heterocycles. The van der Waals surface area contributed by atoms with Gasteiger partial charge in [-0.3, -0.25) is 14.3 Å². The van der Waals surface area contributed by atoms with Crippen LogP contribution < -0.4 is 5.32 Å². The van der Waals surface area contributed by atoms with Gasteiger partial charge in [0, 0.05) is 73.9 Å². The van der Waals surface area contributed by atoms with Crippen molar-refractivity contribution in [2.45, 2.75) is 25.3 Å². The van der Waals surface area contributed by atoms with Gasteiger partial charge >= 0.3 is 0 Å². The Bertz CT molecular complexity index is 1270. The van der Waals surface area contributed by atoms with Crippen LogP contribution in [-0.2, 0) is 11.2 Å². The molecule has 5 rings (SSSR count). The molecule has 1 unspecified atom stereocenters. The van der Waals surface area contributed by atoms with Gasteiger partial charge in [-0.2, -0.15) is 0 Å². The minimum atomic E-state index is 0.0584. The van der Waals surface area contributed by atoms with Gasteiger partial charge in [0.05, 0.1) is 0 Å². The van der Waals surface area contributed by atoms with E-state index in [2.05, 4.69) is 79.0 Å². The number of aromatic amines is 1. The molecule has 1 fully saturated rings. The molecule has 0 radical (unpaired) electrons. The first-order chi connectivity index (χ1) is 18.2. The molecule has 37 heavy (non-hydrogen) atoms. The number of aryl methyl sites for hydroxylation is 1. The molecule has 194 valence electrons. The van der Waals surface area contributed by atoms with E-state index < -0.39 is 0 Å². The fourth-order valence-corrected chi connectivity index (χ4v) is 5.32. The summed E-state index contributed by atoms with van der Waals surface area (Å²) < 4.78 is 1.93. The second-order valence-corrected chi connectivity index (χ2v) is 9.94. The summed E-state index contributed by atoms with van der Waals surface area (Å²) in [6.45, 7) is 5.51. The molecule has 0 saturated carbocycles. The Labute approximate surface area is 222 Å². The normalized spacial score (nSPS) is 15.7. The molecule has 1 aliphatic rings. The van der Waals surface area contributed by atoms with E-state index in [9.17, 15) is 4.79 Å². The molecule has 1 amide bonds. The summed E-state index contributed by atoms with van der Waals surface area (Å²) in [5.41, 5.74) is 4.76. The number of aromatic nitrogens is 4. The topological polar surface area (TPSA) is 82.1 Å². The second-order valence-electron chi connectivity index (χ2n) is 9.56. The quantitative estimate of drug-likeness (QED) is 0.295. The molecule has 0 aliphatic carbocycles. The molecule has 0 bridgehead atoms. The smallest absolute Gasteiger partial charge is 0.221 e. The number of carbonyl (C=O) groups is 1. The Morgan fingerprint density at radius 2 is 1.84 bits per heavy atom. The Kier molecular flexibility index (Phi) is 8.50. The van der Waals surface area contributed by atoms with Gasteiger partial charge in [0.25, 0.3) is 0 Å². The molecule has 4 aromatic rings. The summed E-state index contributed by atoms with van der Waals surface area (Å²) in [5.74, 6) is 0.491. The van der Waals surface area contributed by atoms with Crippen LogP contribution in [0, 0.1) is 0 Å². The lowest BCUT2D eigenvalue weighted by molar-refractivity contribution is -0.122. The van der Waals surface area contributed by atoms with Crippen molar-refractivity contribution >= 4 is 28.4 Å². The summed E-state index contributed by atoms with van der Waals surface area (Å²) >= 11 is 5.76. The third-order valence-corrected chi connectivity index (χ3v) is 7.40. The average molecular weight is 520 g/mol. The van der Waals surface area contributed by atoms with Crippen LogP contribution in [0.15, 0.2) is 67.4 Å². The minimum Gasteiger partial charge on any atom is -0.361 e. The van der Waals surface area contributed by atoms with Gasteiger partial charge in [-0.1, -0.05) is 30.3 Å². The van der Waals surface area contributed by atoms with Gasteiger partial charge in [-0.15, -0.1) is 21.8 Å². The van der Waals surface area contributed by atoms with Crippen molar-refractivity contribution in [2.75, 3.05) is 45.1 Å². The molecule has 9 heteroatoms. The number of benzene rings is 2. The molecular weight excluding hydrogens is 486 g/mol. The molecule has 0 spiro atoms. The van der Waals surface area contributed by atoms with Crippen LogP contribution in [0.4, 0.5) is 0 Å². The predicted octanol–water partition coefficient (Wildman–Crippen LogP) is 3.79. The van der Waals surface area contributed by atoms with Crippen LogP contribution in [0.2, 0.25) is 0 Å². The molecule has 8 nitrogen and oxygen atoms in total. The van der Waals surface area contributed by atoms with Crippen molar-refractivity contribution in [1.82, 2.24) is 34.9 Å². The van der Waals surface area contributed by atoms with Crippen LogP contribution in [0.1, 0.15) is 30.0 Å². The highest BCUT2D eigenvalue weighted by Gasteiger charge is 2.26. The van der Waals surface area contributed by atoms with E-state index in [0.717, 1.165) is 56.8 Å². The van der Waals surface area contributed by atoms with Crippen molar-refractivity contribution < 1.29 is 4.79 Å². The molecule has 1 saturated heterocycles. The summed E-state index contributed by atoms with van der Waals surface area (Å²) in [7, 11) is 0. The highest BCUT2D eigenvalue weighted by molar-refractivity contribution is 6.18. The van der Waals surface area contributed by atoms with Crippen molar-refractivity contribution in [3.8, 4) is 5.69 Å². The van der Waals surface area contributed by atoms with Gasteiger partial charge in [-0.25, -0.2) is 0 Å². The minimum absolute atomic E-state index is 0.0584. The molecule has 2 aromatic carbocycles. The molecular formula is C28H34ClN7O. The third-order valence-electron chi connectivity index (χ3n) is 7.22. The summed E-state index contributed by atoms with van der Waals surface area (Å²) in [6.07, 6.45) is 8.17. The lowest BCUT2D eigenvalue weighted by atomic mass is 10.0. The van der Waals surface area contributed by atoms with Crippen LogP contribution in [-0.4, -0.2) is 80.6 Å². The number of nitrogens with zero attached hydrogens (tertiary/aromatic N) is 5. The third kappa shape index (κ3) is 6.39. The zero-order valence-electron chi connectivity index (χ0n) is 21.0. The molecule has 2 aromatic heterocycles. The fourth-order valence-electron chi connectivity index (χ4n) is 5.23. The number of carbonyl (C=O) groups excluding carboxylic acids is 1. The van der Waals surface area contributed by atoms with E-state index in [1.165, 1.54) is 16.5 Å². The van der Waals surface area contributed by atoms with Gasteiger partial charge in [0.2, 0.25) is 5.91 Å². The predicted molar refractivity (Wildman–Crippen MR) is 147 cm³/mol. The van der Waals surface area contributed by atoms with Crippen molar-refractivity contribution in [1.29, 1.82) is 0 Å². The lowest BCUT2D eigenvalue weighted by Crippen LogP contribution is -2.48. The molecule has 2 N–H and O–H groups in total. The first-order valence-corrected chi connectivity index (χ1v) is 13.5. The first kappa shape index (κ1) is 25.4. The number of H-pyrrole nitrogens is 1. The monoisotopic (exact) mass is 519 g/mol. The van der Waals surface area contributed by atoms with E-state index in [4.69, 9.17) is 11.6 Å². The van der Waals surface area contributed by atoms with Crippen molar-refractivity contribution in [3.63, 3.8) is 0 Å². The van der Waals surface area contributed by atoms with Crippen LogP contribution in [0.3, 0.4) is 0 Å². The van der Waals surface area contributed by atoms with Crippen molar-refractivity contribution in [3.05, 3.63) is 78.5 Å². The summed E-state index contributed by atoms with van der Waals surface area (Å²) in [4.78, 5) is 20.9. The largest absolute Gasteiger partial charge is 0.361 e. The van der Waals surface area contributed by atoms with Gasteiger partial charge in [0.15, 0.2) is 0 Å². The second kappa shape index (κ2) is 12.4. The van der Waals surface area contributed by atoms with E-state index >= 15 is 0 Å². The number of rotatable bonds is 11. The summed E-state index contributed by atoms with van der Waals surface area (Å²) in [6, 6.07) is 16.9. The Morgan fingerprint density at radius 3 is 2.59 bits per heavy atom. The van der Waals surface area contributed by atoms with Gasteiger partial charge in [0.1, 0.15) is 12.7 Å². The fraction of sp³-hybridized carbons (Fsp3) is 0.393. The SMILES string of the molecule is O=C(CC(c1ccccc1)N1CCN(CCCc2c[nH]c3ccc(-n4cnnc4)cc23)CC1)NCCCl. The van der Waals surface area contributed by atoms with Crippen LogP contribution >= 0.6 is 11.6 Å². The molecule has 1 aliphatic heterocycles. The van der Waals surface area contributed by atoms with E-state index in [-0.39, 0.29) is 11.9 Å². The Morgan fingerprint density at radius 1 is 1.05 bits per heavy atom. The standard InChI is InChI=1S/C28H34ClN7O/c29-10-11-30-28(37)18-27(22-5-2-1-3-6-22)35-15-13-34(14-16-35)12-4-7-23-19-31-26-9-8-24(17-25(23)26)36-20-32-33-21-36/h1-3,5-6,8-9,17,19-21,27,31H,4,7,10-16,18H2,(H,30,37). The zero-order chi connectivity index (χ0) is 25.5. The Hall–Kier alpha value is -3.20. The number of fused-ring (bicyclic) bond motifs is 1. The van der Waals surface area contributed by atoms with Gasteiger partial charge in [-0.05, 0) is 48.7 Å². The highest BCUT2D eigenvalue weighted by Crippen LogP contribution is 2.26. The van der Waals surface area contributed by atoms with Crippen LogP contribution in [0.25, 0.3) is 16.6 Å². The van der Waals surface area contributed by atoms with E-state index in [1.54, 1.807) is 12.7 Å². The first-order valence-electron chi connectivity index (χ1n) is 13.0. The van der Waals surface area contributed by atoms with E-state index in [0.29, 0.717) is 18.8 Å². The number of hydrogen-bond donors (Lipinski definition) is 2. The van der Waals surface area contributed by atoms with Crippen LogP contribution in [0.5, 0.6) is 0 Å². The number of alkyl halides is 1. The number of halogens is 1. The number of hydrogen-bond acceptors (Lipinski definition) is 5. The molecule has 1 atom stereocenters. The average Bonchev–Trinajstić information content (AvgIpc) is 3.62. The zero-order valence-corrected chi connectivity index (χ0v) is 21.8. The highest BCUT2D eigenvalue weighted by atomic mass is 35.5. The van der Waals surface area contributed by atoms with Crippen molar-refractivity contribution in [2.24, 2.45) is 0 Å². The number of nitrogens with one attached hydrogen (secondary N) is 2. The maximum atomic E-state index is 12.5. The Balaban J connectivity index is 1.15. The van der Waals surface area contributed by atoms with E-state index in [1.807, 2.05) is 10.6 Å².